The number of aliphatic imine (C=N–C) groups is 1. The van der Waals surface area contributed by atoms with E-state index in [-0.39, 0.29) is 22.4 Å². The van der Waals surface area contributed by atoms with Gasteiger partial charge in [0.05, 0.1) is 5.41 Å². The highest BCUT2D eigenvalue weighted by Gasteiger charge is 2.49. The largest absolute Gasteiger partial charge is 0.457 e. The molecule has 0 aromatic carbocycles. The van der Waals surface area contributed by atoms with Crippen molar-refractivity contribution in [2.45, 2.75) is 133 Å². The van der Waals surface area contributed by atoms with Crippen molar-refractivity contribution in [3.63, 3.8) is 0 Å². The zero-order valence-electron chi connectivity index (χ0n) is 28.3. The topological polar surface area (TPSA) is 55.7 Å². The molecule has 4 aliphatic rings. The van der Waals surface area contributed by atoms with Gasteiger partial charge in [0.2, 0.25) is 5.78 Å². The molecule has 42 heavy (non-hydrogen) atoms. The molecule has 2 heterocycles. The maximum atomic E-state index is 14.3. The van der Waals surface area contributed by atoms with Gasteiger partial charge in [-0.25, -0.2) is 0 Å². The van der Waals surface area contributed by atoms with Crippen LogP contribution in [0.15, 0.2) is 52.1 Å². The number of Topliss-reactive ketones (excluding diaryl/α,β-unsaturated/α-hetero) is 2. The van der Waals surface area contributed by atoms with Gasteiger partial charge < -0.3 is 4.74 Å². The number of rotatable bonds is 9. The molecule has 0 amide bonds. The van der Waals surface area contributed by atoms with Crippen LogP contribution in [-0.4, -0.2) is 17.3 Å². The Morgan fingerprint density at radius 1 is 1.07 bits per heavy atom. The van der Waals surface area contributed by atoms with Crippen LogP contribution in [-0.2, 0) is 14.3 Å². The first-order valence-corrected chi connectivity index (χ1v) is 16.6. The lowest BCUT2D eigenvalue weighted by Gasteiger charge is -2.40. The van der Waals surface area contributed by atoms with Crippen molar-refractivity contribution in [3.05, 3.63) is 47.1 Å². The minimum atomic E-state index is -0.810. The fraction of sp³-hybridized carbons (Fsp3) is 0.711. The summed E-state index contributed by atoms with van der Waals surface area (Å²) in [4.78, 5) is 32.7. The molecule has 232 valence electrons. The van der Waals surface area contributed by atoms with Crippen LogP contribution in [0.2, 0.25) is 0 Å². The predicted octanol–water partition coefficient (Wildman–Crippen LogP) is 10.1. The molecule has 0 spiro atoms. The number of ketones is 2. The van der Waals surface area contributed by atoms with E-state index >= 15 is 0 Å². The lowest BCUT2D eigenvalue weighted by Crippen LogP contribution is -2.39. The summed E-state index contributed by atoms with van der Waals surface area (Å²) in [6.45, 7) is 22.0. The second-order valence-corrected chi connectivity index (χ2v) is 16.4. The Bertz CT molecular complexity index is 1220. The molecule has 1 saturated carbocycles. The summed E-state index contributed by atoms with van der Waals surface area (Å²) in [5.74, 6) is 2.07. The quantitative estimate of drug-likeness (QED) is 0.275. The number of fused-ring (bicyclic) bond motifs is 1. The van der Waals surface area contributed by atoms with Gasteiger partial charge in [-0.3, -0.25) is 14.6 Å². The third-order valence-electron chi connectivity index (χ3n) is 10.6. The molecule has 4 nitrogen and oxygen atoms in total. The third-order valence-corrected chi connectivity index (χ3v) is 10.6. The van der Waals surface area contributed by atoms with Crippen LogP contribution in [0, 0.1) is 39.4 Å². The Labute approximate surface area is 256 Å². The molecule has 0 N–H and O–H groups in total. The molecule has 0 bridgehead atoms. The highest BCUT2D eigenvalue weighted by molar-refractivity contribution is 6.07. The summed E-state index contributed by atoms with van der Waals surface area (Å²) in [6, 6.07) is 0. The van der Waals surface area contributed by atoms with E-state index in [0.717, 1.165) is 37.2 Å². The van der Waals surface area contributed by atoms with Crippen LogP contribution in [0.5, 0.6) is 0 Å². The lowest BCUT2D eigenvalue weighted by molar-refractivity contribution is -0.136. The Balaban J connectivity index is 1.60. The number of carbonyl (C=O) groups is 2. The summed E-state index contributed by atoms with van der Waals surface area (Å²) < 4.78 is 6.62. The van der Waals surface area contributed by atoms with Crippen LogP contribution in [0.3, 0.4) is 0 Å². The van der Waals surface area contributed by atoms with Crippen LogP contribution < -0.4 is 0 Å². The number of allylic oxidation sites excluding steroid dienone is 6. The summed E-state index contributed by atoms with van der Waals surface area (Å²) in [5, 5.41) is 0. The van der Waals surface area contributed by atoms with E-state index in [0.29, 0.717) is 35.9 Å². The zero-order chi connectivity index (χ0) is 31.1. The predicted molar refractivity (Wildman–Crippen MR) is 174 cm³/mol. The molecular weight excluding hydrogens is 518 g/mol. The van der Waals surface area contributed by atoms with Gasteiger partial charge in [-0.15, -0.1) is 0 Å². The van der Waals surface area contributed by atoms with Gasteiger partial charge in [0.1, 0.15) is 11.5 Å². The van der Waals surface area contributed by atoms with Gasteiger partial charge in [-0.2, -0.15) is 0 Å². The Kier molecular flexibility index (Phi) is 9.37. The van der Waals surface area contributed by atoms with Crippen molar-refractivity contribution in [3.8, 4) is 0 Å². The van der Waals surface area contributed by atoms with Crippen molar-refractivity contribution in [1.82, 2.24) is 0 Å². The highest BCUT2D eigenvalue weighted by atomic mass is 16.5. The average molecular weight is 576 g/mol. The van der Waals surface area contributed by atoms with Crippen molar-refractivity contribution in [2.75, 3.05) is 0 Å². The van der Waals surface area contributed by atoms with Crippen LogP contribution >= 0.6 is 0 Å². The van der Waals surface area contributed by atoms with E-state index in [2.05, 4.69) is 78.6 Å². The van der Waals surface area contributed by atoms with E-state index in [1.165, 1.54) is 36.8 Å². The van der Waals surface area contributed by atoms with E-state index in [9.17, 15) is 9.59 Å². The monoisotopic (exact) mass is 575 g/mol. The molecule has 3 unspecified atom stereocenters. The molecule has 3 atom stereocenters. The minimum absolute atomic E-state index is 0.0242. The molecule has 2 aliphatic heterocycles. The molecule has 1 fully saturated rings. The Morgan fingerprint density at radius 2 is 1.74 bits per heavy atom. The number of ether oxygens (including phenoxy) is 1. The smallest absolute Gasteiger partial charge is 0.201 e. The van der Waals surface area contributed by atoms with Crippen molar-refractivity contribution >= 4 is 17.3 Å². The fourth-order valence-electron chi connectivity index (χ4n) is 7.41. The number of hydrogen-bond acceptors (Lipinski definition) is 4. The summed E-state index contributed by atoms with van der Waals surface area (Å²) in [6.07, 6.45) is 18.0. The molecular formula is C38H57NO3. The third kappa shape index (κ3) is 6.94. The van der Waals surface area contributed by atoms with Crippen LogP contribution in [0.25, 0.3) is 0 Å². The summed E-state index contributed by atoms with van der Waals surface area (Å²) in [7, 11) is 0. The maximum Gasteiger partial charge on any atom is 0.201 e. The summed E-state index contributed by atoms with van der Waals surface area (Å²) >= 11 is 0. The molecule has 0 radical (unpaired) electrons. The molecule has 0 aromatic heterocycles. The lowest BCUT2D eigenvalue weighted by atomic mass is 9.64. The Hall–Kier alpha value is -2.23. The van der Waals surface area contributed by atoms with Gasteiger partial charge >= 0.3 is 0 Å². The van der Waals surface area contributed by atoms with Crippen molar-refractivity contribution in [1.29, 1.82) is 0 Å². The SMILES string of the molecule is CCCC(C(=O)C1=CC2(C)CC(C3CCC(C)(C)CC3)=CC(C(C)(C)C)=C2O1)C(C)(C)C(=O)CC1=NC=CC(C)CC1. The van der Waals surface area contributed by atoms with E-state index in [4.69, 9.17) is 4.74 Å². The first-order valence-electron chi connectivity index (χ1n) is 16.6. The highest BCUT2D eigenvalue weighted by Crippen LogP contribution is 2.55. The number of carbonyl (C=O) groups excluding carboxylic acids is 2. The maximum absolute atomic E-state index is 14.3. The van der Waals surface area contributed by atoms with E-state index in [1.807, 2.05) is 20.0 Å². The second kappa shape index (κ2) is 12.0. The first-order chi connectivity index (χ1) is 19.5. The molecule has 4 rings (SSSR count). The Morgan fingerprint density at radius 3 is 2.36 bits per heavy atom. The molecule has 2 aliphatic carbocycles. The van der Waals surface area contributed by atoms with Crippen molar-refractivity contribution in [2.24, 2.45) is 44.4 Å². The molecule has 0 aromatic rings. The molecule has 4 heteroatoms. The number of hydrogen-bond donors (Lipinski definition) is 0. The average Bonchev–Trinajstić information content (AvgIpc) is 3.12. The van der Waals surface area contributed by atoms with Crippen molar-refractivity contribution < 1.29 is 14.3 Å². The second-order valence-electron chi connectivity index (χ2n) is 16.4. The van der Waals surface area contributed by atoms with Crippen LogP contribution in [0.4, 0.5) is 0 Å². The minimum Gasteiger partial charge on any atom is -0.457 e. The van der Waals surface area contributed by atoms with Gasteiger partial charge in [0.15, 0.2) is 5.76 Å². The van der Waals surface area contributed by atoms with Gasteiger partial charge in [0.25, 0.3) is 0 Å². The summed E-state index contributed by atoms with van der Waals surface area (Å²) in [5.41, 5.74) is 2.83. The van der Waals surface area contributed by atoms with E-state index < -0.39 is 11.3 Å². The van der Waals surface area contributed by atoms with Gasteiger partial charge in [-0.1, -0.05) is 86.5 Å². The standard InChI is InChI=1S/C38H57NO3/c1-11-12-29(37(8,9)32(40)22-28-14-13-25(2)17-20-39-28)33(41)31-24-38(10)23-27(26-15-18-36(6,7)19-16-26)21-30(34(38)42-31)35(3,4)5/h17,20-21,24-26,29H,11-16,18-19,22-23H2,1-10H3. The normalized spacial score (nSPS) is 27.4. The van der Waals surface area contributed by atoms with Crippen LogP contribution in [0.1, 0.15) is 133 Å². The molecule has 0 saturated heterocycles. The first kappa shape index (κ1) is 32.7. The number of nitrogens with zero attached hydrogens (tertiary/aromatic N) is 1. The van der Waals surface area contributed by atoms with Gasteiger partial charge in [0, 0.05) is 29.7 Å². The van der Waals surface area contributed by atoms with Gasteiger partial charge in [-0.05, 0) is 92.6 Å². The van der Waals surface area contributed by atoms with E-state index in [1.54, 1.807) is 0 Å². The fourth-order valence-corrected chi connectivity index (χ4v) is 7.41. The zero-order valence-corrected chi connectivity index (χ0v) is 28.3.